The van der Waals surface area contributed by atoms with Crippen LogP contribution in [0, 0.1) is 18.4 Å². The van der Waals surface area contributed by atoms with Crippen molar-refractivity contribution in [2.24, 2.45) is 11.8 Å². The number of hydrogen-bond acceptors (Lipinski definition) is 1. The average molecular weight is 332 g/mol. The standard InChI is InChI=1S/C23H28N2/c1-24-16-20-12-14-23(15-13-20)19-25(17-21-8-4-2-5-9-21)18-22-10-6-3-7-11-22/h2-11,20,23H,12-19H2. The van der Waals surface area contributed by atoms with Crippen LogP contribution < -0.4 is 0 Å². The minimum atomic E-state index is 0.644. The van der Waals surface area contributed by atoms with Crippen LogP contribution in [0.1, 0.15) is 36.8 Å². The van der Waals surface area contributed by atoms with Gasteiger partial charge in [-0.3, -0.25) is 4.90 Å². The summed E-state index contributed by atoms with van der Waals surface area (Å²) in [4.78, 5) is 6.20. The van der Waals surface area contributed by atoms with Gasteiger partial charge in [-0.25, -0.2) is 6.57 Å². The van der Waals surface area contributed by atoms with Crippen molar-refractivity contribution in [2.45, 2.75) is 38.8 Å². The molecule has 0 radical (unpaired) electrons. The third-order valence-electron chi connectivity index (χ3n) is 5.33. The Morgan fingerprint density at radius 1 is 0.760 bits per heavy atom. The van der Waals surface area contributed by atoms with Gasteiger partial charge in [0.25, 0.3) is 0 Å². The highest BCUT2D eigenvalue weighted by atomic mass is 15.1. The molecule has 0 bridgehead atoms. The third kappa shape index (κ3) is 5.73. The highest BCUT2D eigenvalue weighted by molar-refractivity contribution is 5.17. The van der Waals surface area contributed by atoms with Crippen molar-refractivity contribution in [3.05, 3.63) is 83.2 Å². The zero-order chi connectivity index (χ0) is 17.3. The van der Waals surface area contributed by atoms with Crippen LogP contribution in [0.2, 0.25) is 0 Å². The van der Waals surface area contributed by atoms with Crippen LogP contribution in [0.25, 0.3) is 4.85 Å². The number of benzene rings is 2. The van der Waals surface area contributed by atoms with Gasteiger partial charge in [0.1, 0.15) is 0 Å². The minimum absolute atomic E-state index is 0.644. The summed E-state index contributed by atoms with van der Waals surface area (Å²) in [5.74, 6) is 1.42. The van der Waals surface area contributed by atoms with E-state index in [1.807, 2.05) is 0 Å². The third-order valence-corrected chi connectivity index (χ3v) is 5.33. The molecule has 0 aromatic heterocycles. The van der Waals surface area contributed by atoms with E-state index in [9.17, 15) is 0 Å². The van der Waals surface area contributed by atoms with Crippen molar-refractivity contribution in [2.75, 3.05) is 13.1 Å². The lowest BCUT2D eigenvalue weighted by Gasteiger charge is -2.31. The average Bonchev–Trinajstić information content (AvgIpc) is 2.65. The summed E-state index contributed by atoms with van der Waals surface area (Å²) in [5, 5.41) is 0. The van der Waals surface area contributed by atoms with Gasteiger partial charge in [0.15, 0.2) is 0 Å². The normalized spacial score (nSPS) is 20.3. The quantitative estimate of drug-likeness (QED) is 0.615. The zero-order valence-electron chi connectivity index (χ0n) is 15.0. The Labute approximate surface area is 152 Å². The molecule has 1 saturated carbocycles. The van der Waals surface area contributed by atoms with E-state index >= 15 is 0 Å². The maximum Gasteiger partial charge on any atom is 0.217 e. The Hall–Kier alpha value is -2.11. The SMILES string of the molecule is [C-]#[N+]CC1CCC(CN(Cc2ccccc2)Cc2ccccc2)CC1. The lowest BCUT2D eigenvalue weighted by Crippen LogP contribution is -2.31. The lowest BCUT2D eigenvalue weighted by atomic mass is 9.81. The molecule has 0 amide bonds. The summed E-state index contributed by atoms with van der Waals surface area (Å²) in [6, 6.07) is 21.6. The molecule has 3 rings (SSSR count). The van der Waals surface area contributed by atoms with Crippen LogP contribution in [0.15, 0.2) is 60.7 Å². The van der Waals surface area contributed by atoms with Crippen molar-refractivity contribution in [1.82, 2.24) is 4.90 Å². The molecule has 2 heteroatoms. The van der Waals surface area contributed by atoms with Gasteiger partial charge < -0.3 is 4.85 Å². The molecule has 2 aromatic rings. The van der Waals surface area contributed by atoms with E-state index in [2.05, 4.69) is 70.4 Å². The minimum Gasteiger partial charge on any atom is -0.317 e. The van der Waals surface area contributed by atoms with Crippen LogP contribution in [-0.4, -0.2) is 18.0 Å². The first-order chi connectivity index (χ1) is 12.3. The molecule has 0 atom stereocenters. The fourth-order valence-corrected chi connectivity index (χ4v) is 3.96. The van der Waals surface area contributed by atoms with E-state index in [1.165, 1.54) is 36.8 Å². The molecule has 0 unspecified atom stereocenters. The molecule has 25 heavy (non-hydrogen) atoms. The summed E-state index contributed by atoms with van der Waals surface area (Å²) in [5.41, 5.74) is 2.78. The van der Waals surface area contributed by atoms with E-state index in [-0.39, 0.29) is 0 Å². The zero-order valence-corrected chi connectivity index (χ0v) is 15.0. The van der Waals surface area contributed by atoms with Crippen LogP contribution in [0.5, 0.6) is 0 Å². The molecule has 1 fully saturated rings. The molecular formula is C23H28N2. The second kappa shape index (κ2) is 9.39. The summed E-state index contributed by atoms with van der Waals surface area (Å²) in [6.45, 7) is 11.0. The van der Waals surface area contributed by atoms with Crippen molar-refractivity contribution in [1.29, 1.82) is 0 Å². The van der Waals surface area contributed by atoms with Crippen molar-refractivity contribution < 1.29 is 0 Å². The second-order valence-corrected chi connectivity index (χ2v) is 7.37. The molecule has 2 nitrogen and oxygen atoms in total. The van der Waals surface area contributed by atoms with Gasteiger partial charge in [-0.15, -0.1) is 0 Å². The highest BCUT2D eigenvalue weighted by Crippen LogP contribution is 2.30. The topological polar surface area (TPSA) is 7.60 Å². The maximum absolute atomic E-state index is 7.07. The van der Waals surface area contributed by atoms with Gasteiger partial charge in [0, 0.05) is 25.6 Å². The van der Waals surface area contributed by atoms with E-state index < -0.39 is 0 Å². The van der Waals surface area contributed by atoms with E-state index in [0.29, 0.717) is 5.92 Å². The van der Waals surface area contributed by atoms with Gasteiger partial charge in [-0.1, -0.05) is 60.7 Å². The van der Waals surface area contributed by atoms with Crippen molar-refractivity contribution in [3.8, 4) is 0 Å². The number of rotatable bonds is 7. The molecule has 0 aliphatic heterocycles. The van der Waals surface area contributed by atoms with Crippen LogP contribution in [-0.2, 0) is 13.1 Å². The monoisotopic (exact) mass is 332 g/mol. The van der Waals surface area contributed by atoms with E-state index in [4.69, 9.17) is 6.57 Å². The summed E-state index contributed by atoms with van der Waals surface area (Å²) < 4.78 is 0. The van der Waals surface area contributed by atoms with Gasteiger partial charge in [-0.05, 0) is 42.7 Å². The molecular weight excluding hydrogens is 304 g/mol. The maximum atomic E-state index is 7.07. The Balaban J connectivity index is 1.61. The number of hydrogen-bond donors (Lipinski definition) is 0. The van der Waals surface area contributed by atoms with Gasteiger partial charge in [0.2, 0.25) is 6.54 Å². The summed E-state index contributed by atoms with van der Waals surface area (Å²) >= 11 is 0. The Morgan fingerprint density at radius 3 is 1.72 bits per heavy atom. The van der Waals surface area contributed by atoms with Crippen LogP contribution >= 0.6 is 0 Å². The predicted octanol–water partition coefficient (Wildman–Crippen LogP) is 5.41. The molecule has 1 aliphatic carbocycles. The largest absolute Gasteiger partial charge is 0.317 e. The van der Waals surface area contributed by atoms with Gasteiger partial charge in [-0.2, -0.15) is 0 Å². The van der Waals surface area contributed by atoms with Crippen molar-refractivity contribution in [3.63, 3.8) is 0 Å². The van der Waals surface area contributed by atoms with Crippen molar-refractivity contribution >= 4 is 0 Å². The lowest BCUT2D eigenvalue weighted by molar-refractivity contribution is 0.171. The summed E-state index contributed by atoms with van der Waals surface area (Å²) in [7, 11) is 0. The van der Waals surface area contributed by atoms with Gasteiger partial charge in [0.05, 0.1) is 0 Å². The first kappa shape index (κ1) is 17.7. The second-order valence-electron chi connectivity index (χ2n) is 7.37. The van der Waals surface area contributed by atoms with Crippen LogP contribution in [0.4, 0.5) is 0 Å². The summed E-state index contributed by atoms with van der Waals surface area (Å²) in [6.07, 6.45) is 5.02. The Bertz CT molecular complexity index is 610. The van der Waals surface area contributed by atoms with E-state index in [1.54, 1.807) is 0 Å². The molecule has 0 N–H and O–H groups in total. The number of nitrogens with zero attached hydrogens (tertiary/aromatic N) is 2. The fraction of sp³-hybridized carbons (Fsp3) is 0.435. The first-order valence-electron chi connectivity index (χ1n) is 9.47. The highest BCUT2D eigenvalue weighted by Gasteiger charge is 2.24. The molecule has 0 spiro atoms. The molecule has 0 saturated heterocycles. The first-order valence-corrected chi connectivity index (χ1v) is 9.47. The fourth-order valence-electron chi connectivity index (χ4n) is 3.96. The van der Waals surface area contributed by atoms with Gasteiger partial charge >= 0.3 is 0 Å². The molecule has 1 aliphatic rings. The van der Waals surface area contributed by atoms with E-state index in [0.717, 1.165) is 32.1 Å². The molecule has 2 aromatic carbocycles. The molecule has 130 valence electrons. The predicted molar refractivity (Wildman–Crippen MR) is 104 cm³/mol. The Kier molecular flexibility index (Phi) is 6.65. The smallest absolute Gasteiger partial charge is 0.217 e. The van der Waals surface area contributed by atoms with Crippen LogP contribution in [0.3, 0.4) is 0 Å². The Morgan fingerprint density at radius 2 is 1.24 bits per heavy atom. The molecule has 0 heterocycles.